The first-order valence-electron chi connectivity index (χ1n) is 7.66. The van der Waals surface area contributed by atoms with Crippen molar-refractivity contribution in [3.63, 3.8) is 0 Å². The van der Waals surface area contributed by atoms with Gasteiger partial charge >= 0.3 is 0 Å². The summed E-state index contributed by atoms with van der Waals surface area (Å²) in [5.74, 6) is -0.296. The molecule has 0 aromatic heterocycles. The molecular formula is C19H22N2O2. The predicted molar refractivity (Wildman–Crippen MR) is 93.8 cm³/mol. The van der Waals surface area contributed by atoms with Gasteiger partial charge in [0.15, 0.2) is 0 Å². The second-order valence-corrected chi connectivity index (χ2v) is 5.97. The molecule has 23 heavy (non-hydrogen) atoms. The zero-order valence-corrected chi connectivity index (χ0v) is 13.9. The summed E-state index contributed by atoms with van der Waals surface area (Å²) in [6.07, 6.45) is 0. The Morgan fingerprint density at radius 2 is 1.43 bits per heavy atom. The van der Waals surface area contributed by atoms with E-state index in [0.717, 1.165) is 11.3 Å². The quantitative estimate of drug-likeness (QED) is 0.891. The van der Waals surface area contributed by atoms with Gasteiger partial charge in [0.05, 0.1) is 0 Å². The molecule has 0 radical (unpaired) electrons. The number of aryl methyl sites for hydroxylation is 2. The Bertz CT molecular complexity index is 719. The SMILES string of the molecule is Cc1ccc(NC(=O)c2ccc(NC(=O)C(C)C)cc2)cc1C. The van der Waals surface area contributed by atoms with Crippen LogP contribution >= 0.6 is 0 Å². The van der Waals surface area contributed by atoms with Crippen molar-refractivity contribution in [2.24, 2.45) is 5.92 Å². The third-order valence-corrected chi connectivity index (χ3v) is 3.70. The van der Waals surface area contributed by atoms with Gasteiger partial charge in [0.1, 0.15) is 0 Å². The lowest BCUT2D eigenvalue weighted by molar-refractivity contribution is -0.118. The minimum Gasteiger partial charge on any atom is -0.326 e. The lowest BCUT2D eigenvalue weighted by Crippen LogP contribution is -2.18. The summed E-state index contributed by atoms with van der Waals surface area (Å²) in [6, 6.07) is 12.7. The number of benzene rings is 2. The van der Waals surface area contributed by atoms with Gasteiger partial charge in [-0.1, -0.05) is 19.9 Å². The largest absolute Gasteiger partial charge is 0.326 e. The second kappa shape index (κ2) is 7.09. The molecule has 0 unspecified atom stereocenters. The third kappa shape index (κ3) is 4.42. The third-order valence-electron chi connectivity index (χ3n) is 3.70. The second-order valence-electron chi connectivity index (χ2n) is 5.97. The van der Waals surface area contributed by atoms with Crippen LogP contribution in [-0.4, -0.2) is 11.8 Å². The molecule has 2 N–H and O–H groups in total. The van der Waals surface area contributed by atoms with Crippen molar-refractivity contribution in [2.45, 2.75) is 27.7 Å². The molecule has 0 spiro atoms. The lowest BCUT2D eigenvalue weighted by atomic mass is 10.1. The Morgan fingerprint density at radius 3 is 2.00 bits per heavy atom. The summed E-state index contributed by atoms with van der Waals surface area (Å²) in [5.41, 5.74) is 4.33. The maximum Gasteiger partial charge on any atom is 0.255 e. The standard InChI is InChI=1S/C19H22N2O2/c1-12(2)18(22)20-16-9-6-15(7-10-16)19(23)21-17-8-5-13(3)14(4)11-17/h5-12H,1-4H3,(H,20,22)(H,21,23). The van der Waals surface area contributed by atoms with E-state index in [1.54, 1.807) is 24.3 Å². The number of anilines is 2. The molecule has 0 bridgehead atoms. The van der Waals surface area contributed by atoms with Crippen molar-refractivity contribution in [1.29, 1.82) is 0 Å². The maximum absolute atomic E-state index is 12.3. The van der Waals surface area contributed by atoms with Crippen LogP contribution in [0.1, 0.15) is 35.3 Å². The van der Waals surface area contributed by atoms with Crippen LogP contribution in [0.15, 0.2) is 42.5 Å². The van der Waals surface area contributed by atoms with Gasteiger partial charge in [-0.3, -0.25) is 9.59 Å². The van der Waals surface area contributed by atoms with Gasteiger partial charge in [0.2, 0.25) is 5.91 Å². The highest BCUT2D eigenvalue weighted by Crippen LogP contribution is 2.16. The van der Waals surface area contributed by atoms with Crippen LogP contribution in [0.4, 0.5) is 11.4 Å². The first kappa shape index (κ1) is 16.7. The highest BCUT2D eigenvalue weighted by atomic mass is 16.2. The molecule has 0 atom stereocenters. The fourth-order valence-electron chi connectivity index (χ4n) is 2.01. The number of rotatable bonds is 4. The molecule has 0 aliphatic heterocycles. The van der Waals surface area contributed by atoms with Gasteiger partial charge in [-0.05, 0) is 61.4 Å². The normalized spacial score (nSPS) is 10.5. The molecule has 2 amide bonds. The van der Waals surface area contributed by atoms with Gasteiger partial charge in [-0.2, -0.15) is 0 Å². The molecule has 0 saturated carbocycles. The van der Waals surface area contributed by atoms with Crippen molar-refractivity contribution < 1.29 is 9.59 Å². The molecule has 2 aromatic rings. The van der Waals surface area contributed by atoms with E-state index >= 15 is 0 Å². The Kier molecular flexibility index (Phi) is 5.16. The molecule has 4 nitrogen and oxygen atoms in total. The highest BCUT2D eigenvalue weighted by molar-refractivity contribution is 6.04. The minimum atomic E-state index is -0.171. The zero-order chi connectivity index (χ0) is 17.0. The van der Waals surface area contributed by atoms with E-state index in [2.05, 4.69) is 10.6 Å². The van der Waals surface area contributed by atoms with E-state index in [9.17, 15) is 9.59 Å². The van der Waals surface area contributed by atoms with Crippen molar-refractivity contribution in [3.8, 4) is 0 Å². The smallest absolute Gasteiger partial charge is 0.255 e. The Balaban J connectivity index is 2.05. The van der Waals surface area contributed by atoms with Crippen molar-refractivity contribution >= 4 is 23.2 Å². The average molecular weight is 310 g/mol. The van der Waals surface area contributed by atoms with Gasteiger partial charge in [-0.15, -0.1) is 0 Å². The molecular weight excluding hydrogens is 288 g/mol. The molecule has 0 fully saturated rings. The topological polar surface area (TPSA) is 58.2 Å². The average Bonchev–Trinajstić information content (AvgIpc) is 2.51. The molecule has 0 aliphatic carbocycles. The van der Waals surface area contributed by atoms with Gasteiger partial charge in [0, 0.05) is 22.9 Å². The zero-order valence-electron chi connectivity index (χ0n) is 13.9. The van der Waals surface area contributed by atoms with Crippen LogP contribution in [0.5, 0.6) is 0 Å². The van der Waals surface area contributed by atoms with Crippen molar-refractivity contribution in [1.82, 2.24) is 0 Å². The molecule has 4 heteroatoms. The van der Waals surface area contributed by atoms with Crippen LogP contribution in [0.25, 0.3) is 0 Å². The molecule has 120 valence electrons. The number of hydrogen-bond donors (Lipinski definition) is 2. The molecule has 0 saturated heterocycles. The maximum atomic E-state index is 12.3. The highest BCUT2D eigenvalue weighted by Gasteiger charge is 2.09. The Morgan fingerprint density at radius 1 is 0.826 bits per heavy atom. The van der Waals surface area contributed by atoms with Crippen molar-refractivity contribution in [3.05, 3.63) is 59.2 Å². The van der Waals surface area contributed by atoms with Crippen LogP contribution in [0.2, 0.25) is 0 Å². The number of nitrogens with one attached hydrogen (secondary N) is 2. The number of carbonyl (C=O) groups excluding carboxylic acids is 2. The number of carbonyl (C=O) groups is 2. The van der Waals surface area contributed by atoms with Gasteiger partial charge < -0.3 is 10.6 Å². The van der Waals surface area contributed by atoms with E-state index in [4.69, 9.17) is 0 Å². The van der Waals surface area contributed by atoms with Crippen LogP contribution < -0.4 is 10.6 Å². The van der Waals surface area contributed by atoms with Crippen LogP contribution in [0.3, 0.4) is 0 Å². The first-order chi connectivity index (χ1) is 10.9. The Hall–Kier alpha value is -2.62. The summed E-state index contributed by atoms with van der Waals surface area (Å²) in [7, 11) is 0. The summed E-state index contributed by atoms with van der Waals surface area (Å²) in [5, 5.41) is 5.68. The predicted octanol–water partition coefficient (Wildman–Crippen LogP) is 4.15. The molecule has 0 aliphatic rings. The molecule has 2 rings (SSSR count). The van der Waals surface area contributed by atoms with Gasteiger partial charge in [0.25, 0.3) is 5.91 Å². The van der Waals surface area contributed by atoms with E-state index in [0.29, 0.717) is 11.3 Å². The summed E-state index contributed by atoms with van der Waals surface area (Å²) < 4.78 is 0. The Labute approximate surface area is 136 Å². The lowest BCUT2D eigenvalue weighted by Gasteiger charge is -2.10. The fourth-order valence-corrected chi connectivity index (χ4v) is 2.01. The van der Waals surface area contributed by atoms with E-state index in [1.807, 2.05) is 45.9 Å². The van der Waals surface area contributed by atoms with E-state index in [1.165, 1.54) is 5.56 Å². The number of amides is 2. The fraction of sp³-hybridized carbons (Fsp3) is 0.263. The van der Waals surface area contributed by atoms with E-state index in [-0.39, 0.29) is 17.7 Å². The van der Waals surface area contributed by atoms with Gasteiger partial charge in [-0.25, -0.2) is 0 Å². The van der Waals surface area contributed by atoms with Crippen LogP contribution in [-0.2, 0) is 4.79 Å². The van der Waals surface area contributed by atoms with Crippen LogP contribution in [0, 0.1) is 19.8 Å². The minimum absolute atomic E-state index is 0.0441. The molecule has 2 aromatic carbocycles. The monoisotopic (exact) mass is 310 g/mol. The van der Waals surface area contributed by atoms with E-state index < -0.39 is 0 Å². The van der Waals surface area contributed by atoms with Crippen molar-refractivity contribution in [2.75, 3.05) is 10.6 Å². The first-order valence-corrected chi connectivity index (χ1v) is 7.66. The molecule has 0 heterocycles. The number of hydrogen-bond acceptors (Lipinski definition) is 2. The summed E-state index contributed by atoms with van der Waals surface area (Å²) in [4.78, 5) is 23.9. The summed E-state index contributed by atoms with van der Waals surface area (Å²) >= 11 is 0. The summed E-state index contributed by atoms with van der Waals surface area (Å²) in [6.45, 7) is 7.71.